The third-order valence-electron chi connectivity index (χ3n) is 6.90. The number of hydrogen-bond acceptors (Lipinski definition) is 4. The number of anilines is 1. The van der Waals surface area contributed by atoms with Gasteiger partial charge in [-0.2, -0.15) is 0 Å². The molecule has 0 unspecified atom stereocenters. The predicted molar refractivity (Wildman–Crippen MR) is 126 cm³/mol. The van der Waals surface area contributed by atoms with E-state index >= 15 is 0 Å². The number of ether oxygens (including phenoxy) is 2. The van der Waals surface area contributed by atoms with Crippen LogP contribution in [0.15, 0.2) is 46.9 Å². The molecular formula is C24H30BrN3O3. The van der Waals surface area contributed by atoms with Crippen molar-refractivity contribution in [2.45, 2.75) is 43.2 Å². The standard InChI is InChI=1S/C24H30BrN3O3/c1-28-12-11-24(16-7-8-20(30-2)21(13-16)31-3)10-9-19(15-22(24)28)27-23(29)26-18-6-4-5-17(25)14-18/h4-8,13-14,19,22H,9-12,15H2,1-3H3,(H2,26,27,29)/t19-,22+,24+/m1/s1. The van der Waals surface area contributed by atoms with Gasteiger partial charge in [0.15, 0.2) is 11.5 Å². The van der Waals surface area contributed by atoms with E-state index in [1.165, 1.54) is 5.56 Å². The van der Waals surface area contributed by atoms with E-state index in [1.807, 2.05) is 30.3 Å². The summed E-state index contributed by atoms with van der Waals surface area (Å²) in [5.74, 6) is 1.53. The lowest BCUT2D eigenvalue weighted by molar-refractivity contribution is 0.156. The molecule has 2 amide bonds. The molecule has 2 aromatic carbocycles. The van der Waals surface area contributed by atoms with Crippen molar-refractivity contribution in [2.24, 2.45) is 0 Å². The smallest absolute Gasteiger partial charge is 0.319 e. The van der Waals surface area contributed by atoms with Gasteiger partial charge in [-0.05, 0) is 75.2 Å². The molecule has 166 valence electrons. The Morgan fingerprint density at radius 2 is 1.94 bits per heavy atom. The highest BCUT2D eigenvalue weighted by atomic mass is 79.9. The number of nitrogens with one attached hydrogen (secondary N) is 2. The Hall–Kier alpha value is -2.25. The first-order chi connectivity index (χ1) is 14.9. The zero-order chi connectivity index (χ0) is 22.0. The molecule has 31 heavy (non-hydrogen) atoms. The van der Waals surface area contributed by atoms with Crippen LogP contribution in [-0.4, -0.2) is 50.8 Å². The van der Waals surface area contributed by atoms with Crippen LogP contribution in [0, 0.1) is 0 Å². The average molecular weight is 488 g/mol. The molecule has 2 N–H and O–H groups in total. The number of carbonyl (C=O) groups excluding carboxylic acids is 1. The normalized spacial score (nSPS) is 25.5. The Morgan fingerprint density at radius 1 is 1.13 bits per heavy atom. The van der Waals surface area contributed by atoms with Crippen LogP contribution < -0.4 is 20.1 Å². The molecule has 0 spiro atoms. The molecule has 0 bridgehead atoms. The van der Waals surface area contributed by atoms with E-state index in [9.17, 15) is 4.79 Å². The summed E-state index contributed by atoms with van der Waals surface area (Å²) < 4.78 is 11.9. The summed E-state index contributed by atoms with van der Waals surface area (Å²) in [5, 5.41) is 6.14. The van der Waals surface area contributed by atoms with E-state index in [-0.39, 0.29) is 17.5 Å². The van der Waals surface area contributed by atoms with Crippen molar-refractivity contribution in [1.29, 1.82) is 0 Å². The van der Waals surface area contributed by atoms with Gasteiger partial charge in [0, 0.05) is 27.7 Å². The van der Waals surface area contributed by atoms with Gasteiger partial charge < -0.3 is 25.0 Å². The van der Waals surface area contributed by atoms with E-state index in [4.69, 9.17) is 9.47 Å². The van der Waals surface area contributed by atoms with Crippen LogP contribution in [0.4, 0.5) is 10.5 Å². The van der Waals surface area contributed by atoms with Crippen LogP contribution in [0.2, 0.25) is 0 Å². The fraction of sp³-hybridized carbons (Fsp3) is 0.458. The van der Waals surface area contributed by atoms with E-state index in [1.54, 1.807) is 14.2 Å². The van der Waals surface area contributed by atoms with Crippen LogP contribution in [0.3, 0.4) is 0 Å². The third kappa shape index (κ3) is 4.39. The van der Waals surface area contributed by atoms with E-state index < -0.39 is 0 Å². The van der Waals surface area contributed by atoms with Crippen molar-refractivity contribution >= 4 is 27.6 Å². The molecule has 2 aromatic rings. The lowest BCUT2D eigenvalue weighted by atomic mass is 9.65. The number of carbonyl (C=O) groups is 1. The summed E-state index contributed by atoms with van der Waals surface area (Å²) in [6.45, 7) is 1.05. The summed E-state index contributed by atoms with van der Waals surface area (Å²) in [4.78, 5) is 15.0. The zero-order valence-electron chi connectivity index (χ0n) is 18.3. The van der Waals surface area contributed by atoms with Crippen LogP contribution >= 0.6 is 15.9 Å². The van der Waals surface area contributed by atoms with Crippen molar-refractivity contribution in [3.63, 3.8) is 0 Å². The maximum absolute atomic E-state index is 12.6. The van der Waals surface area contributed by atoms with Crippen LogP contribution in [0.25, 0.3) is 0 Å². The Balaban J connectivity index is 1.48. The fourth-order valence-corrected chi connectivity index (χ4v) is 5.71. The quantitative estimate of drug-likeness (QED) is 0.636. The number of halogens is 1. The molecule has 1 aliphatic heterocycles. The molecule has 1 saturated heterocycles. The second kappa shape index (κ2) is 9.09. The van der Waals surface area contributed by atoms with Crippen LogP contribution in [0.1, 0.15) is 31.2 Å². The van der Waals surface area contributed by atoms with Gasteiger partial charge in [0.2, 0.25) is 0 Å². The van der Waals surface area contributed by atoms with Gasteiger partial charge in [-0.1, -0.05) is 28.1 Å². The number of benzene rings is 2. The van der Waals surface area contributed by atoms with E-state index in [0.29, 0.717) is 6.04 Å². The highest BCUT2D eigenvalue weighted by Crippen LogP contribution is 2.49. The minimum Gasteiger partial charge on any atom is -0.493 e. The van der Waals surface area contributed by atoms with Gasteiger partial charge in [0.25, 0.3) is 0 Å². The van der Waals surface area contributed by atoms with E-state index in [2.05, 4.69) is 50.6 Å². The first-order valence-electron chi connectivity index (χ1n) is 10.7. The number of fused-ring (bicyclic) bond motifs is 1. The fourth-order valence-electron chi connectivity index (χ4n) is 5.31. The maximum atomic E-state index is 12.6. The number of likely N-dealkylation sites (tertiary alicyclic amines) is 1. The number of likely N-dealkylation sites (N-methyl/N-ethyl adjacent to an activating group) is 1. The maximum Gasteiger partial charge on any atom is 0.319 e. The first kappa shape index (κ1) is 22.0. The van der Waals surface area contributed by atoms with Crippen molar-refractivity contribution < 1.29 is 14.3 Å². The average Bonchev–Trinajstić information content (AvgIpc) is 3.10. The monoisotopic (exact) mass is 487 g/mol. The summed E-state index contributed by atoms with van der Waals surface area (Å²) >= 11 is 3.44. The zero-order valence-corrected chi connectivity index (χ0v) is 19.9. The molecule has 1 heterocycles. The number of hydrogen-bond donors (Lipinski definition) is 2. The minimum atomic E-state index is -0.151. The molecule has 2 fully saturated rings. The number of urea groups is 1. The molecular weight excluding hydrogens is 458 g/mol. The first-order valence-corrected chi connectivity index (χ1v) is 11.5. The second-order valence-corrected chi connectivity index (χ2v) is 9.47. The van der Waals surface area contributed by atoms with Gasteiger partial charge in [0.05, 0.1) is 14.2 Å². The van der Waals surface area contributed by atoms with Gasteiger partial charge >= 0.3 is 6.03 Å². The highest BCUT2D eigenvalue weighted by Gasteiger charge is 2.50. The number of rotatable bonds is 5. The molecule has 1 aliphatic carbocycles. The van der Waals surface area contributed by atoms with Crippen molar-refractivity contribution in [3.8, 4) is 11.5 Å². The largest absolute Gasteiger partial charge is 0.493 e. The predicted octanol–water partition coefficient (Wildman–Crippen LogP) is 4.78. The van der Waals surface area contributed by atoms with Gasteiger partial charge in [-0.25, -0.2) is 4.79 Å². The summed E-state index contributed by atoms with van der Waals surface area (Å²) in [7, 11) is 5.54. The molecule has 7 heteroatoms. The Morgan fingerprint density at radius 3 is 2.68 bits per heavy atom. The molecule has 3 atom stereocenters. The lowest BCUT2D eigenvalue weighted by Gasteiger charge is -2.45. The molecule has 4 rings (SSSR count). The molecule has 0 aromatic heterocycles. The van der Waals surface area contributed by atoms with Gasteiger partial charge in [-0.3, -0.25) is 0 Å². The Kier molecular flexibility index (Phi) is 6.44. The summed E-state index contributed by atoms with van der Waals surface area (Å²) in [5.41, 5.74) is 2.16. The molecule has 6 nitrogen and oxygen atoms in total. The van der Waals surface area contributed by atoms with Crippen LogP contribution in [-0.2, 0) is 5.41 Å². The van der Waals surface area contributed by atoms with Crippen molar-refractivity contribution in [2.75, 3.05) is 33.1 Å². The molecule has 0 radical (unpaired) electrons. The lowest BCUT2D eigenvalue weighted by Crippen LogP contribution is -2.52. The minimum absolute atomic E-state index is 0.0766. The highest BCUT2D eigenvalue weighted by molar-refractivity contribution is 9.10. The van der Waals surface area contributed by atoms with Crippen LogP contribution in [0.5, 0.6) is 11.5 Å². The van der Waals surface area contributed by atoms with E-state index in [0.717, 1.165) is 53.9 Å². The summed E-state index contributed by atoms with van der Waals surface area (Å²) in [6.07, 6.45) is 4.02. The summed E-state index contributed by atoms with van der Waals surface area (Å²) in [6, 6.07) is 14.3. The number of nitrogens with zero attached hydrogens (tertiary/aromatic N) is 1. The van der Waals surface area contributed by atoms with Crippen molar-refractivity contribution in [1.82, 2.24) is 10.2 Å². The molecule has 1 saturated carbocycles. The Labute approximate surface area is 192 Å². The third-order valence-corrected chi connectivity index (χ3v) is 7.40. The van der Waals surface area contributed by atoms with Gasteiger partial charge in [0.1, 0.15) is 0 Å². The topological polar surface area (TPSA) is 62.8 Å². The number of amides is 2. The van der Waals surface area contributed by atoms with Gasteiger partial charge in [-0.15, -0.1) is 0 Å². The van der Waals surface area contributed by atoms with Crippen molar-refractivity contribution in [3.05, 3.63) is 52.5 Å². The molecule has 2 aliphatic rings. The SMILES string of the molecule is COc1ccc([C@@]23CC[C@@H](NC(=O)Nc4cccc(Br)c4)C[C@@H]2N(C)CC3)cc1OC. The number of methoxy groups -OCH3 is 2. The Bertz CT molecular complexity index is 953. The second-order valence-electron chi connectivity index (χ2n) is 8.55.